The summed E-state index contributed by atoms with van der Waals surface area (Å²) >= 11 is 0. The first-order valence-electron chi connectivity index (χ1n) is 13.3. The van der Waals surface area contributed by atoms with Gasteiger partial charge in [0.05, 0.1) is 0 Å². The van der Waals surface area contributed by atoms with Crippen LogP contribution >= 0.6 is 0 Å². The maximum absolute atomic E-state index is 13.2. The molecule has 2 atom stereocenters. The van der Waals surface area contributed by atoms with Crippen LogP contribution in [-0.4, -0.2) is 59.5 Å². The average molecular weight is 517 g/mol. The zero-order valence-electron chi connectivity index (χ0n) is 23.3. The standard InChI is InChI=1S/C28H44N4O5/c1-8-20-9-11-22(12-10-20)30-24(33)19(4)29-25(34)21-13-15-32(16-14-21)26(35)23(17-18(2)3)31-27(36)37-28(5,6)7/h9-12,18-19,21,23H,8,13-17H2,1-7H3,(H,29,34)(H,30,33)(H,31,36). The van der Waals surface area contributed by atoms with Crippen molar-refractivity contribution in [2.24, 2.45) is 11.8 Å². The van der Waals surface area contributed by atoms with Gasteiger partial charge in [0.15, 0.2) is 0 Å². The first-order valence-corrected chi connectivity index (χ1v) is 13.3. The second-order valence-electron chi connectivity index (χ2n) is 11.2. The minimum atomic E-state index is -0.688. The number of amides is 4. The maximum Gasteiger partial charge on any atom is 0.408 e. The van der Waals surface area contributed by atoms with Crippen LogP contribution in [0.3, 0.4) is 0 Å². The number of hydrogen-bond acceptors (Lipinski definition) is 5. The molecule has 1 aliphatic rings. The fourth-order valence-corrected chi connectivity index (χ4v) is 4.20. The Morgan fingerprint density at radius 3 is 2.11 bits per heavy atom. The quantitative estimate of drug-likeness (QED) is 0.461. The molecule has 9 heteroatoms. The van der Waals surface area contributed by atoms with E-state index in [2.05, 4.69) is 22.9 Å². The van der Waals surface area contributed by atoms with Crippen molar-refractivity contribution < 1.29 is 23.9 Å². The first kappa shape index (κ1) is 30.1. The summed E-state index contributed by atoms with van der Waals surface area (Å²) < 4.78 is 5.33. The van der Waals surface area contributed by atoms with Crippen molar-refractivity contribution >= 4 is 29.5 Å². The highest BCUT2D eigenvalue weighted by atomic mass is 16.6. The number of carbonyl (C=O) groups is 4. The smallest absolute Gasteiger partial charge is 0.408 e. The van der Waals surface area contributed by atoms with E-state index in [-0.39, 0.29) is 29.6 Å². The molecule has 2 rings (SSSR count). The molecule has 0 aromatic heterocycles. The van der Waals surface area contributed by atoms with Gasteiger partial charge in [0.1, 0.15) is 17.7 Å². The number of alkyl carbamates (subject to hydrolysis) is 1. The van der Waals surface area contributed by atoms with Gasteiger partial charge in [-0.3, -0.25) is 14.4 Å². The minimum Gasteiger partial charge on any atom is -0.444 e. The van der Waals surface area contributed by atoms with Gasteiger partial charge in [0.2, 0.25) is 17.7 Å². The van der Waals surface area contributed by atoms with Crippen LogP contribution < -0.4 is 16.0 Å². The van der Waals surface area contributed by atoms with Gasteiger partial charge in [-0.15, -0.1) is 0 Å². The molecule has 1 aliphatic heterocycles. The van der Waals surface area contributed by atoms with Crippen molar-refractivity contribution in [3.8, 4) is 0 Å². The molecule has 1 aromatic rings. The molecule has 4 amide bonds. The number of rotatable bonds is 9. The Morgan fingerprint density at radius 2 is 1.59 bits per heavy atom. The third-order valence-electron chi connectivity index (χ3n) is 6.26. The topological polar surface area (TPSA) is 117 Å². The molecule has 0 spiro atoms. The largest absolute Gasteiger partial charge is 0.444 e. The molecule has 37 heavy (non-hydrogen) atoms. The van der Waals surface area contributed by atoms with Crippen molar-refractivity contribution in [2.75, 3.05) is 18.4 Å². The van der Waals surface area contributed by atoms with Gasteiger partial charge in [-0.1, -0.05) is 32.9 Å². The number of nitrogens with one attached hydrogen (secondary N) is 3. The molecule has 1 saturated heterocycles. The molecule has 0 aliphatic carbocycles. The molecule has 1 fully saturated rings. The highest BCUT2D eigenvalue weighted by molar-refractivity contribution is 5.97. The predicted molar refractivity (Wildman–Crippen MR) is 144 cm³/mol. The van der Waals surface area contributed by atoms with E-state index < -0.39 is 23.8 Å². The van der Waals surface area contributed by atoms with Crippen molar-refractivity contribution in [1.82, 2.24) is 15.5 Å². The van der Waals surface area contributed by atoms with Gasteiger partial charge < -0.3 is 25.6 Å². The van der Waals surface area contributed by atoms with Crippen LogP contribution in [0.15, 0.2) is 24.3 Å². The molecule has 1 aromatic carbocycles. The number of anilines is 1. The third-order valence-corrected chi connectivity index (χ3v) is 6.26. The average Bonchev–Trinajstić information content (AvgIpc) is 2.82. The lowest BCUT2D eigenvalue weighted by Crippen LogP contribution is -2.53. The van der Waals surface area contributed by atoms with Gasteiger partial charge in [-0.2, -0.15) is 0 Å². The summed E-state index contributed by atoms with van der Waals surface area (Å²) in [6.45, 7) is 13.8. The second kappa shape index (κ2) is 13.4. The van der Waals surface area contributed by atoms with Crippen molar-refractivity contribution in [1.29, 1.82) is 0 Å². The number of carbonyl (C=O) groups excluding carboxylic acids is 4. The van der Waals surface area contributed by atoms with Crippen LogP contribution in [0.25, 0.3) is 0 Å². The second-order valence-corrected chi connectivity index (χ2v) is 11.2. The number of ether oxygens (including phenoxy) is 1. The number of hydrogen-bond donors (Lipinski definition) is 3. The normalized spacial score (nSPS) is 16.1. The Morgan fingerprint density at radius 1 is 1.00 bits per heavy atom. The molecule has 1 heterocycles. The van der Waals surface area contributed by atoms with Gasteiger partial charge in [-0.25, -0.2) is 4.79 Å². The predicted octanol–water partition coefficient (Wildman–Crippen LogP) is 3.87. The Balaban J connectivity index is 1.87. The van der Waals surface area contributed by atoms with Gasteiger partial charge in [0, 0.05) is 24.7 Å². The summed E-state index contributed by atoms with van der Waals surface area (Å²) in [4.78, 5) is 52.5. The fourth-order valence-electron chi connectivity index (χ4n) is 4.20. The lowest BCUT2D eigenvalue weighted by atomic mass is 9.94. The highest BCUT2D eigenvalue weighted by Crippen LogP contribution is 2.20. The zero-order chi connectivity index (χ0) is 27.8. The van der Waals surface area contributed by atoms with E-state index >= 15 is 0 Å². The summed E-state index contributed by atoms with van der Waals surface area (Å²) in [5, 5.41) is 8.36. The van der Waals surface area contributed by atoms with Crippen molar-refractivity contribution in [3.05, 3.63) is 29.8 Å². The molecule has 0 radical (unpaired) electrons. The zero-order valence-corrected chi connectivity index (χ0v) is 23.3. The van der Waals surface area contributed by atoms with E-state index in [0.717, 1.165) is 6.42 Å². The molecule has 0 saturated carbocycles. The first-order chi connectivity index (χ1) is 17.3. The summed E-state index contributed by atoms with van der Waals surface area (Å²) in [7, 11) is 0. The van der Waals surface area contributed by atoms with Crippen molar-refractivity contribution in [3.63, 3.8) is 0 Å². The van der Waals surface area contributed by atoms with E-state index in [1.807, 2.05) is 38.1 Å². The highest BCUT2D eigenvalue weighted by Gasteiger charge is 2.33. The van der Waals surface area contributed by atoms with Crippen LogP contribution in [0.2, 0.25) is 0 Å². The van der Waals surface area contributed by atoms with Crippen LogP contribution in [-0.2, 0) is 25.5 Å². The Bertz CT molecular complexity index is 931. The van der Waals surface area contributed by atoms with Crippen molar-refractivity contribution in [2.45, 2.75) is 91.8 Å². The summed E-state index contributed by atoms with van der Waals surface area (Å²) in [5.74, 6) is -0.730. The lowest BCUT2D eigenvalue weighted by molar-refractivity contribution is -0.138. The molecular formula is C28H44N4O5. The molecular weight excluding hydrogens is 472 g/mol. The number of aryl methyl sites for hydroxylation is 1. The van der Waals surface area contributed by atoms with E-state index in [1.165, 1.54) is 5.56 Å². The van der Waals surface area contributed by atoms with Crippen LogP contribution in [0, 0.1) is 11.8 Å². The lowest BCUT2D eigenvalue weighted by Gasteiger charge is -2.34. The van der Waals surface area contributed by atoms with Gasteiger partial charge in [-0.05, 0) is 77.0 Å². The monoisotopic (exact) mass is 516 g/mol. The maximum atomic E-state index is 13.2. The number of benzene rings is 1. The molecule has 2 unspecified atom stereocenters. The van der Waals surface area contributed by atoms with Gasteiger partial charge >= 0.3 is 6.09 Å². The summed E-state index contributed by atoms with van der Waals surface area (Å²) in [6, 6.07) is 6.25. The summed E-state index contributed by atoms with van der Waals surface area (Å²) in [6.07, 6.45) is 1.78. The third kappa shape index (κ3) is 10.1. The SMILES string of the molecule is CCc1ccc(NC(=O)C(C)NC(=O)C2CCN(C(=O)C(CC(C)C)NC(=O)OC(C)(C)C)CC2)cc1. The number of likely N-dealkylation sites (tertiary alicyclic amines) is 1. The number of nitrogens with zero attached hydrogens (tertiary/aromatic N) is 1. The van der Waals surface area contributed by atoms with E-state index in [4.69, 9.17) is 4.74 Å². The van der Waals surface area contributed by atoms with Crippen LogP contribution in [0.5, 0.6) is 0 Å². The van der Waals surface area contributed by atoms with Crippen LogP contribution in [0.1, 0.15) is 73.3 Å². The van der Waals surface area contributed by atoms with Gasteiger partial charge in [0.25, 0.3) is 0 Å². The molecule has 206 valence electrons. The fraction of sp³-hybridized carbons (Fsp3) is 0.643. The molecule has 9 nitrogen and oxygen atoms in total. The molecule has 3 N–H and O–H groups in total. The van der Waals surface area contributed by atoms with Crippen LogP contribution in [0.4, 0.5) is 10.5 Å². The Labute approximate surface area is 221 Å². The Hall–Kier alpha value is -3.10. The summed E-state index contributed by atoms with van der Waals surface area (Å²) in [5.41, 5.74) is 1.21. The van der Waals surface area contributed by atoms with E-state index in [9.17, 15) is 19.2 Å². The van der Waals surface area contributed by atoms with E-state index in [1.54, 1.807) is 32.6 Å². The molecule has 0 bridgehead atoms. The minimum absolute atomic E-state index is 0.166. The number of piperidine rings is 1. The Kier molecular flexibility index (Phi) is 10.9. The van der Waals surface area contributed by atoms with E-state index in [0.29, 0.717) is 38.0 Å².